The molecule has 0 aliphatic carbocycles. The van der Waals surface area contributed by atoms with Crippen molar-refractivity contribution < 1.29 is 24.1 Å². The molecule has 3 rings (SSSR count). The second-order valence-corrected chi connectivity index (χ2v) is 7.28. The topological polar surface area (TPSA) is 71.5 Å². The monoisotopic (exact) mass is 414 g/mol. The van der Waals surface area contributed by atoms with Gasteiger partial charge >= 0.3 is 0 Å². The standard InChI is InChI=1S/C23H30N2O5/c1-28-20-10-8-18(22(29-2)23(20)30-3)16-24-12-14-25(15-13-24)21(27)11-9-17-6-4-5-7-19(17)26/h4-8,10,26H,9,11-16H2,1-3H3. The molecule has 0 atom stereocenters. The Morgan fingerprint density at radius 3 is 2.23 bits per heavy atom. The molecule has 0 unspecified atom stereocenters. The lowest BCUT2D eigenvalue weighted by Gasteiger charge is -2.35. The van der Waals surface area contributed by atoms with E-state index >= 15 is 0 Å². The number of amides is 1. The number of piperazine rings is 1. The highest BCUT2D eigenvalue weighted by atomic mass is 16.5. The van der Waals surface area contributed by atoms with Gasteiger partial charge < -0.3 is 24.2 Å². The molecule has 1 heterocycles. The van der Waals surface area contributed by atoms with Crippen molar-refractivity contribution in [1.82, 2.24) is 9.80 Å². The summed E-state index contributed by atoms with van der Waals surface area (Å²) in [5.41, 5.74) is 1.83. The van der Waals surface area contributed by atoms with Crippen LogP contribution < -0.4 is 14.2 Å². The van der Waals surface area contributed by atoms with E-state index in [1.807, 2.05) is 29.2 Å². The maximum absolute atomic E-state index is 12.6. The van der Waals surface area contributed by atoms with E-state index in [1.54, 1.807) is 33.5 Å². The molecule has 2 aromatic rings. The number of benzene rings is 2. The van der Waals surface area contributed by atoms with Gasteiger partial charge in [-0.15, -0.1) is 0 Å². The summed E-state index contributed by atoms with van der Waals surface area (Å²) in [6.45, 7) is 3.67. The molecule has 1 aliphatic rings. The second kappa shape index (κ2) is 10.2. The fraction of sp³-hybridized carbons (Fsp3) is 0.435. The summed E-state index contributed by atoms with van der Waals surface area (Å²) in [6, 6.07) is 11.0. The molecule has 1 aliphatic heterocycles. The van der Waals surface area contributed by atoms with Crippen LogP contribution in [0.4, 0.5) is 0 Å². The molecule has 1 saturated heterocycles. The average Bonchev–Trinajstić information content (AvgIpc) is 2.78. The highest BCUT2D eigenvalue weighted by molar-refractivity contribution is 5.76. The first-order valence-electron chi connectivity index (χ1n) is 10.1. The van der Waals surface area contributed by atoms with Crippen LogP contribution in [0.1, 0.15) is 17.5 Å². The van der Waals surface area contributed by atoms with Gasteiger partial charge in [0.2, 0.25) is 11.7 Å². The lowest BCUT2D eigenvalue weighted by atomic mass is 10.1. The van der Waals surface area contributed by atoms with E-state index in [-0.39, 0.29) is 11.7 Å². The van der Waals surface area contributed by atoms with Crippen LogP contribution in [0.2, 0.25) is 0 Å². The summed E-state index contributed by atoms with van der Waals surface area (Å²) in [7, 11) is 4.83. The number of methoxy groups -OCH3 is 3. The molecule has 0 bridgehead atoms. The number of phenolic OH excluding ortho intramolecular Hbond substituents is 1. The van der Waals surface area contributed by atoms with E-state index in [0.717, 1.165) is 24.2 Å². The number of nitrogens with zero attached hydrogens (tertiary/aromatic N) is 2. The number of hydrogen-bond acceptors (Lipinski definition) is 6. The van der Waals surface area contributed by atoms with Crippen LogP contribution in [0.5, 0.6) is 23.0 Å². The van der Waals surface area contributed by atoms with Gasteiger partial charge in [0.05, 0.1) is 21.3 Å². The summed E-state index contributed by atoms with van der Waals surface area (Å²) in [4.78, 5) is 16.8. The third-order valence-electron chi connectivity index (χ3n) is 5.50. The molecule has 1 N–H and O–H groups in total. The molecule has 7 nitrogen and oxygen atoms in total. The van der Waals surface area contributed by atoms with Crippen molar-refractivity contribution in [3.05, 3.63) is 47.5 Å². The number of rotatable bonds is 8. The van der Waals surface area contributed by atoms with Crippen molar-refractivity contribution in [2.75, 3.05) is 47.5 Å². The zero-order valence-corrected chi connectivity index (χ0v) is 17.9. The predicted octanol–water partition coefficient (Wildman–Crippen LogP) is 2.70. The minimum absolute atomic E-state index is 0.126. The van der Waals surface area contributed by atoms with E-state index < -0.39 is 0 Å². The van der Waals surface area contributed by atoms with Crippen molar-refractivity contribution in [2.24, 2.45) is 0 Å². The normalized spacial score (nSPS) is 14.4. The molecular weight excluding hydrogens is 384 g/mol. The quantitative estimate of drug-likeness (QED) is 0.716. The highest BCUT2D eigenvalue weighted by Gasteiger charge is 2.23. The molecule has 30 heavy (non-hydrogen) atoms. The van der Waals surface area contributed by atoms with E-state index in [0.29, 0.717) is 49.7 Å². The van der Waals surface area contributed by atoms with Crippen molar-refractivity contribution in [3.8, 4) is 23.0 Å². The lowest BCUT2D eigenvalue weighted by molar-refractivity contribution is -0.133. The average molecular weight is 415 g/mol. The molecule has 1 amide bonds. The molecule has 162 valence electrons. The van der Waals surface area contributed by atoms with Crippen molar-refractivity contribution in [2.45, 2.75) is 19.4 Å². The lowest BCUT2D eigenvalue weighted by Crippen LogP contribution is -2.48. The number of aryl methyl sites for hydroxylation is 1. The molecule has 0 aromatic heterocycles. The number of phenols is 1. The summed E-state index contributed by atoms with van der Waals surface area (Å²) in [6.07, 6.45) is 0.954. The van der Waals surface area contributed by atoms with Crippen LogP contribution in [0.25, 0.3) is 0 Å². The molecule has 0 radical (unpaired) electrons. The summed E-state index contributed by atoms with van der Waals surface area (Å²) >= 11 is 0. The minimum atomic E-state index is 0.126. The first-order chi connectivity index (χ1) is 14.6. The zero-order chi connectivity index (χ0) is 21.5. The molecule has 2 aromatic carbocycles. The Morgan fingerprint density at radius 1 is 0.900 bits per heavy atom. The maximum Gasteiger partial charge on any atom is 0.222 e. The molecule has 0 spiro atoms. The van der Waals surface area contributed by atoms with Crippen LogP contribution in [-0.4, -0.2) is 68.3 Å². The largest absolute Gasteiger partial charge is 0.508 e. The summed E-state index contributed by atoms with van der Waals surface area (Å²) in [5.74, 6) is 2.28. The number of carbonyl (C=O) groups is 1. The van der Waals surface area contributed by atoms with Gasteiger partial charge in [0, 0.05) is 44.7 Å². The summed E-state index contributed by atoms with van der Waals surface area (Å²) < 4.78 is 16.4. The molecule has 0 saturated carbocycles. The Hall–Kier alpha value is -2.93. The van der Waals surface area contributed by atoms with Crippen LogP contribution in [0.3, 0.4) is 0 Å². The SMILES string of the molecule is COc1ccc(CN2CCN(C(=O)CCc3ccccc3O)CC2)c(OC)c1OC. The third kappa shape index (κ3) is 4.97. The van der Waals surface area contributed by atoms with Crippen LogP contribution >= 0.6 is 0 Å². The van der Waals surface area contributed by atoms with Gasteiger partial charge in [-0.3, -0.25) is 9.69 Å². The van der Waals surface area contributed by atoms with Gasteiger partial charge in [0.1, 0.15) is 5.75 Å². The number of ether oxygens (including phenoxy) is 3. The fourth-order valence-electron chi connectivity index (χ4n) is 3.81. The fourth-order valence-corrected chi connectivity index (χ4v) is 3.81. The van der Waals surface area contributed by atoms with E-state index in [1.165, 1.54) is 0 Å². The molecule has 7 heteroatoms. The Labute approximate surface area is 177 Å². The number of carbonyl (C=O) groups excluding carboxylic acids is 1. The van der Waals surface area contributed by atoms with Gasteiger partial charge in [-0.25, -0.2) is 0 Å². The number of aromatic hydroxyl groups is 1. The smallest absolute Gasteiger partial charge is 0.222 e. The second-order valence-electron chi connectivity index (χ2n) is 7.28. The third-order valence-corrected chi connectivity index (χ3v) is 5.50. The zero-order valence-electron chi connectivity index (χ0n) is 17.9. The van der Waals surface area contributed by atoms with Crippen LogP contribution in [-0.2, 0) is 17.8 Å². The van der Waals surface area contributed by atoms with Gasteiger partial charge in [0.15, 0.2) is 11.5 Å². The van der Waals surface area contributed by atoms with Gasteiger partial charge in [-0.2, -0.15) is 0 Å². The Balaban J connectivity index is 1.54. The minimum Gasteiger partial charge on any atom is -0.508 e. The summed E-state index contributed by atoms with van der Waals surface area (Å²) in [5, 5.41) is 9.86. The van der Waals surface area contributed by atoms with Crippen LogP contribution in [0.15, 0.2) is 36.4 Å². The van der Waals surface area contributed by atoms with Gasteiger partial charge in [-0.05, 0) is 24.1 Å². The Kier molecular flexibility index (Phi) is 7.41. The van der Waals surface area contributed by atoms with Gasteiger partial charge in [0.25, 0.3) is 0 Å². The first kappa shape index (κ1) is 21.8. The van der Waals surface area contributed by atoms with Crippen molar-refractivity contribution >= 4 is 5.91 Å². The number of hydrogen-bond donors (Lipinski definition) is 1. The Bertz CT molecular complexity index is 863. The van der Waals surface area contributed by atoms with Crippen LogP contribution in [0, 0.1) is 0 Å². The van der Waals surface area contributed by atoms with Crippen molar-refractivity contribution in [1.29, 1.82) is 0 Å². The van der Waals surface area contributed by atoms with E-state index in [9.17, 15) is 9.90 Å². The maximum atomic E-state index is 12.6. The number of para-hydroxylation sites is 1. The predicted molar refractivity (Wildman–Crippen MR) is 114 cm³/mol. The van der Waals surface area contributed by atoms with E-state index in [4.69, 9.17) is 14.2 Å². The Morgan fingerprint density at radius 2 is 1.60 bits per heavy atom. The molecular formula is C23H30N2O5. The van der Waals surface area contributed by atoms with Crippen molar-refractivity contribution in [3.63, 3.8) is 0 Å². The van der Waals surface area contributed by atoms with Gasteiger partial charge in [-0.1, -0.05) is 24.3 Å². The van der Waals surface area contributed by atoms with E-state index in [2.05, 4.69) is 4.90 Å². The first-order valence-corrected chi connectivity index (χ1v) is 10.1. The molecule has 1 fully saturated rings. The highest BCUT2D eigenvalue weighted by Crippen LogP contribution is 2.40.